The Kier molecular flexibility index (Phi) is 4.90. The predicted molar refractivity (Wildman–Crippen MR) is 91.2 cm³/mol. The average Bonchev–Trinajstić information content (AvgIpc) is 2.54. The second-order valence-corrected chi connectivity index (χ2v) is 6.23. The van der Waals surface area contributed by atoms with Crippen molar-refractivity contribution in [3.8, 4) is 0 Å². The van der Waals surface area contributed by atoms with Crippen molar-refractivity contribution in [2.45, 2.75) is 44.7 Å². The molecule has 3 N–H and O–H groups in total. The van der Waals surface area contributed by atoms with Crippen LogP contribution in [0, 0.1) is 6.92 Å². The lowest BCUT2D eigenvalue weighted by Crippen LogP contribution is -2.38. The van der Waals surface area contributed by atoms with E-state index in [1.54, 1.807) is 0 Å². The lowest BCUT2D eigenvalue weighted by atomic mass is 9.90. The Hall–Kier alpha value is -1.65. The van der Waals surface area contributed by atoms with Gasteiger partial charge in [-0.25, -0.2) is 0 Å². The van der Waals surface area contributed by atoms with Crippen LogP contribution in [0.4, 0.5) is 5.69 Å². The molecule has 1 fully saturated rings. The quantitative estimate of drug-likeness (QED) is 0.794. The Morgan fingerprint density at radius 3 is 2.68 bits per heavy atom. The molecule has 22 heavy (non-hydrogen) atoms. The number of nitrogens with zero attached hydrogens (tertiary/aromatic N) is 1. The van der Waals surface area contributed by atoms with Crippen molar-refractivity contribution in [1.82, 2.24) is 10.3 Å². The Balaban J connectivity index is 1.67. The summed E-state index contributed by atoms with van der Waals surface area (Å²) in [5.74, 6) is 0. The third-order valence-corrected chi connectivity index (χ3v) is 4.60. The molecule has 4 heteroatoms. The molecular weight excluding hydrogens is 274 g/mol. The molecule has 0 unspecified atom stereocenters. The minimum Gasteiger partial charge on any atom is -0.395 e. The van der Waals surface area contributed by atoms with Gasteiger partial charge in [-0.1, -0.05) is 12.1 Å². The van der Waals surface area contributed by atoms with Crippen LogP contribution < -0.4 is 10.6 Å². The standard InChI is InChI=1S/C18H25N3O/c1-13-11-19-12-14-3-2-4-17(18(13)14)21-16-7-5-15(6-8-16)20-9-10-22/h2-4,11-12,15-16,20-22H,5-10H2,1H3/t15-,16-. The maximum absolute atomic E-state index is 8.89. The highest BCUT2D eigenvalue weighted by Gasteiger charge is 2.21. The van der Waals surface area contributed by atoms with Crippen LogP contribution in [-0.4, -0.2) is 35.3 Å². The van der Waals surface area contributed by atoms with Crippen LogP contribution in [0.5, 0.6) is 0 Å². The molecule has 1 aromatic carbocycles. The maximum Gasteiger partial charge on any atom is 0.0556 e. The van der Waals surface area contributed by atoms with Crippen molar-refractivity contribution in [3.63, 3.8) is 0 Å². The summed E-state index contributed by atoms with van der Waals surface area (Å²) >= 11 is 0. The van der Waals surface area contributed by atoms with Crippen molar-refractivity contribution < 1.29 is 5.11 Å². The minimum absolute atomic E-state index is 0.224. The third kappa shape index (κ3) is 3.39. The Morgan fingerprint density at radius 2 is 1.91 bits per heavy atom. The average molecular weight is 299 g/mol. The van der Waals surface area contributed by atoms with Gasteiger partial charge in [-0.05, 0) is 44.2 Å². The lowest BCUT2D eigenvalue weighted by Gasteiger charge is -2.30. The summed E-state index contributed by atoms with van der Waals surface area (Å²) in [7, 11) is 0. The van der Waals surface area contributed by atoms with Gasteiger partial charge in [0.15, 0.2) is 0 Å². The maximum atomic E-state index is 8.89. The summed E-state index contributed by atoms with van der Waals surface area (Å²) < 4.78 is 0. The molecule has 0 spiro atoms. The molecule has 0 radical (unpaired) electrons. The molecule has 0 saturated heterocycles. The number of nitrogens with one attached hydrogen (secondary N) is 2. The molecule has 1 aromatic heterocycles. The van der Waals surface area contributed by atoms with Gasteiger partial charge in [-0.3, -0.25) is 4.98 Å². The first-order chi connectivity index (χ1) is 10.8. The summed E-state index contributed by atoms with van der Waals surface area (Å²) in [5, 5.41) is 18.5. The van der Waals surface area contributed by atoms with Gasteiger partial charge in [-0.15, -0.1) is 0 Å². The van der Waals surface area contributed by atoms with Crippen molar-refractivity contribution in [2.24, 2.45) is 0 Å². The second-order valence-electron chi connectivity index (χ2n) is 6.23. The van der Waals surface area contributed by atoms with E-state index < -0.39 is 0 Å². The molecule has 0 aliphatic heterocycles. The fraction of sp³-hybridized carbons (Fsp3) is 0.500. The predicted octanol–water partition coefficient (Wildman–Crippen LogP) is 2.85. The summed E-state index contributed by atoms with van der Waals surface area (Å²) in [6, 6.07) is 7.48. The van der Waals surface area contributed by atoms with Crippen LogP contribution in [0.2, 0.25) is 0 Å². The summed E-state index contributed by atoms with van der Waals surface area (Å²) in [6.45, 7) is 3.05. The smallest absolute Gasteiger partial charge is 0.0556 e. The van der Waals surface area contributed by atoms with Crippen LogP contribution in [0.15, 0.2) is 30.6 Å². The monoisotopic (exact) mass is 299 g/mol. The van der Waals surface area contributed by atoms with Gasteiger partial charge in [0.2, 0.25) is 0 Å². The normalized spacial score (nSPS) is 21.9. The van der Waals surface area contributed by atoms with Gasteiger partial charge in [0.25, 0.3) is 0 Å². The van der Waals surface area contributed by atoms with Gasteiger partial charge in [-0.2, -0.15) is 0 Å². The molecule has 3 rings (SSSR count). The van der Waals surface area contributed by atoms with Gasteiger partial charge < -0.3 is 15.7 Å². The Bertz CT molecular complexity index is 616. The highest BCUT2D eigenvalue weighted by molar-refractivity contribution is 5.95. The summed E-state index contributed by atoms with van der Waals surface area (Å²) in [5.41, 5.74) is 2.45. The van der Waals surface area contributed by atoms with Crippen molar-refractivity contribution in [1.29, 1.82) is 0 Å². The number of hydrogen-bond acceptors (Lipinski definition) is 4. The van der Waals surface area contributed by atoms with Gasteiger partial charge in [0, 0.05) is 47.5 Å². The molecule has 0 bridgehead atoms. The number of hydrogen-bond donors (Lipinski definition) is 3. The highest BCUT2D eigenvalue weighted by Crippen LogP contribution is 2.29. The summed E-state index contributed by atoms with van der Waals surface area (Å²) in [6.07, 6.45) is 8.55. The van der Waals surface area contributed by atoms with E-state index in [1.165, 1.54) is 47.7 Å². The van der Waals surface area contributed by atoms with E-state index in [2.05, 4.69) is 40.7 Å². The molecular formula is C18H25N3O. The van der Waals surface area contributed by atoms with E-state index in [9.17, 15) is 0 Å². The first kappa shape index (κ1) is 15.3. The molecule has 1 heterocycles. The topological polar surface area (TPSA) is 57.2 Å². The Morgan fingerprint density at radius 1 is 1.14 bits per heavy atom. The Labute approximate surface area is 132 Å². The fourth-order valence-corrected chi connectivity index (χ4v) is 3.46. The number of anilines is 1. The molecule has 0 atom stereocenters. The zero-order valence-corrected chi connectivity index (χ0v) is 13.2. The van der Waals surface area contributed by atoms with Gasteiger partial charge in [0.1, 0.15) is 0 Å². The van der Waals surface area contributed by atoms with E-state index in [-0.39, 0.29) is 6.61 Å². The molecule has 0 amide bonds. The first-order valence-electron chi connectivity index (χ1n) is 8.22. The van der Waals surface area contributed by atoms with Gasteiger partial charge in [0.05, 0.1) is 6.61 Å². The van der Waals surface area contributed by atoms with Crippen LogP contribution in [0.3, 0.4) is 0 Å². The first-order valence-corrected chi connectivity index (χ1v) is 8.22. The van der Waals surface area contributed by atoms with Crippen molar-refractivity contribution >= 4 is 16.5 Å². The summed E-state index contributed by atoms with van der Waals surface area (Å²) in [4.78, 5) is 4.28. The third-order valence-electron chi connectivity index (χ3n) is 4.60. The zero-order valence-electron chi connectivity index (χ0n) is 13.2. The minimum atomic E-state index is 0.224. The highest BCUT2D eigenvalue weighted by atomic mass is 16.3. The number of benzene rings is 1. The molecule has 1 saturated carbocycles. The zero-order chi connectivity index (χ0) is 15.4. The van der Waals surface area contributed by atoms with Crippen LogP contribution in [0.1, 0.15) is 31.2 Å². The number of rotatable bonds is 5. The SMILES string of the molecule is Cc1cncc2cccc(N[C@H]3CC[C@H](NCCO)CC3)c12. The number of pyridine rings is 1. The van der Waals surface area contributed by atoms with Crippen LogP contribution >= 0.6 is 0 Å². The number of fused-ring (bicyclic) bond motifs is 1. The largest absolute Gasteiger partial charge is 0.395 e. The van der Waals surface area contributed by atoms with E-state index in [1.807, 2.05) is 12.4 Å². The number of aliphatic hydroxyl groups is 1. The van der Waals surface area contributed by atoms with Crippen LogP contribution in [-0.2, 0) is 0 Å². The molecule has 2 aromatic rings. The van der Waals surface area contributed by atoms with Gasteiger partial charge >= 0.3 is 0 Å². The number of aromatic nitrogens is 1. The van der Waals surface area contributed by atoms with E-state index >= 15 is 0 Å². The fourth-order valence-electron chi connectivity index (χ4n) is 3.46. The number of aliphatic hydroxyl groups excluding tert-OH is 1. The van der Waals surface area contributed by atoms with Crippen molar-refractivity contribution in [3.05, 3.63) is 36.2 Å². The van der Waals surface area contributed by atoms with E-state index in [0.29, 0.717) is 18.6 Å². The molecule has 1 aliphatic rings. The number of aryl methyl sites for hydroxylation is 1. The second kappa shape index (κ2) is 7.07. The molecule has 4 nitrogen and oxygen atoms in total. The van der Waals surface area contributed by atoms with E-state index in [0.717, 1.165) is 0 Å². The van der Waals surface area contributed by atoms with E-state index in [4.69, 9.17) is 5.11 Å². The van der Waals surface area contributed by atoms with Crippen LogP contribution in [0.25, 0.3) is 10.8 Å². The molecule has 1 aliphatic carbocycles. The van der Waals surface area contributed by atoms with Crippen molar-refractivity contribution in [2.75, 3.05) is 18.5 Å². The molecule has 118 valence electrons. The lowest BCUT2D eigenvalue weighted by molar-refractivity contribution is 0.269.